The molecule has 0 heterocycles. The molecule has 3 heteroatoms. The van der Waals surface area contributed by atoms with Crippen molar-refractivity contribution in [1.82, 2.24) is 5.32 Å². The molecule has 1 aromatic carbocycles. The number of carbonyl (C=O) groups excluding carboxylic acids is 1. The quantitative estimate of drug-likeness (QED) is 0.816. The number of aryl methyl sites for hydroxylation is 1. The summed E-state index contributed by atoms with van der Waals surface area (Å²) in [5.41, 5.74) is 2.72. The number of carbonyl (C=O) groups is 1. The first-order chi connectivity index (χ1) is 9.99. The van der Waals surface area contributed by atoms with Crippen molar-refractivity contribution < 1.29 is 9.53 Å². The van der Waals surface area contributed by atoms with Gasteiger partial charge in [-0.1, -0.05) is 43.7 Å². The van der Waals surface area contributed by atoms with Crippen LogP contribution < -0.4 is 5.32 Å². The predicted molar refractivity (Wildman–Crippen MR) is 85.3 cm³/mol. The number of nitrogens with one attached hydrogen (secondary N) is 1. The Morgan fingerprint density at radius 2 is 1.90 bits per heavy atom. The molecule has 1 N–H and O–H groups in total. The fourth-order valence-corrected chi connectivity index (χ4v) is 3.00. The second-order valence-electron chi connectivity index (χ2n) is 6.65. The molecule has 1 aliphatic carbocycles. The fourth-order valence-electron chi connectivity index (χ4n) is 3.00. The summed E-state index contributed by atoms with van der Waals surface area (Å²) >= 11 is 0. The molecule has 3 nitrogen and oxygen atoms in total. The molecule has 1 atom stereocenters. The molecule has 0 aromatic heterocycles. The number of methoxy groups -OCH3 is 1. The molecule has 0 radical (unpaired) electrons. The Morgan fingerprint density at radius 3 is 2.43 bits per heavy atom. The van der Waals surface area contributed by atoms with Crippen LogP contribution in [-0.2, 0) is 9.53 Å². The van der Waals surface area contributed by atoms with Gasteiger partial charge in [0, 0.05) is 6.04 Å². The SMILES string of the molecule is COC(=O)C(CC(C)C)NC1CC(c2ccc(C)cc2)C1. The summed E-state index contributed by atoms with van der Waals surface area (Å²) in [5.74, 6) is 0.970. The van der Waals surface area contributed by atoms with E-state index < -0.39 is 0 Å². The lowest BCUT2D eigenvalue weighted by molar-refractivity contribution is -0.144. The molecular formula is C18H27NO2. The molecule has 0 bridgehead atoms. The average molecular weight is 289 g/mol. The van der Waals surface area contributed by atoms with Crippen molar-refractivity contribution in [2.75, 3.05) is 7.11 Å². The molecular weight excluding hydrogens is 262 g/mol. The van der Waals surface area contributed by atoms with Crippen molar-refractivity contribution >= 4 is 5.97 Å². The second-order valence-corrected chi connectivity index (χ2v) is 6.65. The summed E-state index contributed by atoms with van der Waals surface area (Å²) < 4.78 is 4.91. The third-order valence-electron chi connectivity index (χ3n) is 4.32. The van der Waals surface area contributed by atoms with Crippen molar-refractivity contribution in [2.24, 2.45) is 5.92 Å². The van der Waals surface area contributed by atoms with Crippen molar-refractivity contribution in [3.05, 3.63) is 35.4 Å². The van der Waals surface area contributed by atoms with E-state index in [1.807, 2.05) is 0 Å². The molecule has 0 aliphatic heterocycles. The summed E-state index contributed by atoms with van der Waals surface area (Å²) in [7, 11) is 1.47. The molecule has 1 saturated carbocycles. The molecule has 21 heavy (non-hydrogen) atoms. The lowest BCUT2D eigenvalue weighted by Gasteiger charge is -2.38. The molecule has 116 valence electrons. The fraction of sp³-hybridized carbons (Fsp3) is 0.611. The van der Waals surface area contributed by atoms with Gasteiger partial charge in [0.2, 0.25) is 0 Å². The average Bonchev–Trinajstić information content (AvgIpc) is 2.41. The van der Waals surface area contributed by atoms with Gasteiger partial charge < -0.3 is 10.1 Å². The zero-order valence-corrected chi connectivity index (χ0v) is 13.6. The maximum absolute atomic E-state index is 11.8. The standard InChI is InChI=1S/C18H27NO2/c1-12(2)9-17(18(20)21-4)19-16-10-15(11-16)14-7-5-13(3)6-8-14/h5-8,12,15-17,19H,9-11H2,1-4H3. The lowest BCUT2D eigenvalue weighted by Crippen LogP contribution is -2.49. The van der Waals surface area contributed by atoms with Crippen molar-refractivity contribution in [1.29, 1.82) is 0 Å². The first-order valence-electron chi connectivity index (χ1n) is 7.90. The monoisotopic (exact) mass is 289 g/mol. The first-order valence-corrected chi connectivity index (χ1v) is 7.90. The van der Waals surface area contributed by atoms with E-state index in [0.717, 1.165) is 19.3 Å². The van der Waals surface area contributed by atoms with Crippen LogP contribution >= 0.6 is 0 Å². The zero-order valence-electron chi connectivity index (χ0n) is 13.6. The summed E-state index contributed by atoms with van der Waals surface area (Å²) in [6, 6.07) is 9.06. The highest BCUT2D eigenvalue weighted by molar-refractivity contribution is 5.75. The van der Waals surface area contributed by atoms with E-state index in [2.05, 4.69) is 50.4 Å². The Labute approximate surface area is 128 Å². The van der Waals surface area contributed by atoms with E-state index in [0.29, 0.717) is 17.9 Å². The van der Waals surface area contributed by atoms with E-state index in [1.54, 1.807) is 0 Å². The maximum Gasteiger partial charge on any atom is 0.322 e. The Bertz CT molecular complexity index is 461. The Balaban J connectivity index is 1.85. The number of hydrogen-bond acceptors (Lipinski definition) is 3. The van der Waals surface area contributed by atoms with Crippen LogP contribution in [0.15, 0.2) is 24.3 Å². The highest BCUT2D eigenvalue weighted by atomic mass is 16.5. The topological polar surface area (TPSA) is 38.3 Å². The zero-order chi connectivity index (χ0) is 15.4. The van der Waals surface area contributed by atoms with Gasteiger partial charge in [-0.2, -0.15) is 0 Å². The molecule has 1 fully saturated rings. The molecule has 1 aliphatic rings. The van der Waals surface area contributed by atoms with Crippen LogP contribution in [-0.4, -0.2) is 25.2 Å². The second kappa shape index (κ2) is 7.08. The Kier molecular flexibility index (Phi) is 5.40. The van der Waals surface area contributed by atoms with Gasteiger partial charge in [0.1, 0.15) is 6.04 Å². The molecule has 1 unspecified atom stereocenters. The molecule has 0 saturated heterocycles. The molecule has 0 spiro atoms. The lowest BCUT2D eigenvalue weighted by atomic mass is 9.75. The van der Waals surface area contributed by atoms with Crippen LogP contribution in [0, 0.1) is 12.8 Å². The Morgan fingerprint density at radius 1 is 1.29 bits per heavy atom. The van der Waals surface area contributed by atoms with Crippen molar-refractivity contribution in [2.45, 2.75) is 58.0 Å². The van der Waals surface area contributed by atoms with Gasteiger partial charge in [-0.05, 0) is 43.6 Å². The van der Waals surface area contributed by atoms with Crippen LogP contribution in [0.5, 0.6) is 0 Å². The van der Waals surface area contributed by atoms with Gasteiger partial charge in [-0.25, -0.2) is 0 Å². The molecule has 1 aromatic rings. The van der Waals surface area contributed by atoms with Crippen LogP contribution in [0.1, 0.15) is 50.2 Å². The third kappa shape index (κ3) is 4.31. The number of benzene rings is 1. The normalized spacial score (nSPS) is 22.7. The summed E-state index contributed by atoms with van der Waals surface area (Å²) in [4.78, 5) is 11.8. The summed E-state index contributed by atoms with van der Waals surface area (Å²) in [6.07, 6.45) is 3.04. The van der Waals surface area contributed by atoms with Crippen LogP contribution in [0.25, 0.3) is 0 Å². The number of ether oxygens (including phenoxy) is 1. The minimum absolute atomic E-state index is 0.137. The number of rotatable bonds is 6. The minimum atomic E-state index is -0.168. The van der Waals surface area contributed by atoms with Crippen LogP contribution in [0.3, 0.4) is 0 Å². The van der Waals surface area contributed by atoms with E-state index in [-0.39, 0.29) is 12.0 Å². The van der Waals surface area contributed by atoms with Gasteiger partial charge in [0.05, 0.1) is 7.11 Å². The van der Waals surface area contributed by atoms with Crippen molar-refractivity contribution in [3.63, 3.8) is 0 Å². The van der Waals surface area contributed by atoms with E-state index >= 15 is 0 Å². The minimum Gasteiger partial charge on any atom is -0.468 e. The van der Waals surface area contributed by atoms with E-state index in [9.17, 15) is 4.79 Å². The Hall–Kier alpha value is -1.35. The van der Waals surface area contributed by atoms with Gasteiger partial charge in [-0.15, -0.1) is 0 Å². The predicted octanol–water partition coefficient (Wildman–Crippen LogP) is 3.42. The maximum atomic E-state index is 11.8. The largest absolute Gasteiger partial charge is 0.468 e. The van der Waals surface area contributed by atoms with E-state index in [1.165, 1.54) is 18.2 Å². The van der Waals surface area contributed by atoms with E-state index in [4.69, 9.17) is 4.74 Å². The van der Waals surface area contributed by atoms with Gasteiger partial charge in [-0.3, -0.25) is 4.79 Å². The van der Waals surface area contributed by atoms with Crippen LogP contribution in [0.4, 0.5) is 0 Å². The number of hydrogen-bond donors (Lipinski definition) is 1. The first kappa shape index (κ1) is 16.0. The molecule has 0 amide bonds. The highest BCUT2D eigenvalue weighted by Crippen LogP contribution is 2.37. The molecule has 2 rings (SSSR count). The number of esters is 1. The van der Waals surface area contributed by atoms with Crippen molar-refractivity contribution in [3.8, 4) is 0 Å². The summed E-state index contributed by atoms with van der Waals surface area (Å²) in [5, 5.41) is 3.47. The third-order valence-corrected chi connectivity index (χ3v) is 4.32. The highest BCUT2D eigenvalue weighted by Gasteiger charge is 2.33. The van der Waals surface area contributed by atoms with Gasteiger partial charge in [0.25, 0.3) is 0 Å². The van der Waals surface area contributed by atoms with Gasteiger partial charge in [0.15, 0.2) is 0 Å². The summed E-state index contributed by atoms with van der Waals surface area (Å²) in [6.45, 7) is 6.38. The van der Waals surface area contributed by atoms with Crippen LogP contribution in [0.2, 0.25) is 0 Å². The smallest absolute Gasteiger partial charge is 0.322 e. The van der Waals surface area contributed by atoms with Gasteiger partial charge >= 0.3 is 5.97 Å².